The molecule has 0 aromatic carbocycles. The Kier molecular flexibility index (Phi) is 4.93. The number of hydrogen-bond acceptors (Lipinski definition) is 4. The van der Waals surface area contributed by atoms with Crippen LogP contribution in [0.5, 0.6) is 0 Å². The van der Waals surface area contributed by atoms with Crippen LogP contribution in [-0.4, -0.2) is 15.2 Å². The molecule has 0 fully saturated rings. The fraction of sp³-hybridized carbons (Fsp3) is 0.0714. The van der Waals surface area contributed by atoms with Gasteiger partial charge < -0.3 is 0 Å². The van der Waals surface area contributed by atoms with E-state index < -0.39 is 17.0 Å². The van der Waals surface area contributed by atoms with E-state index in [0.29, 0.717) is 16.6 Å². The van der Waals surface area contributed by atoms with Gasteiger partial charge in [-0.3, -0.25) is 14.8 Å². The first-order valence-corrected chi connectivity index (χ1v) is 7.17. The van der Waals surface area contributed by atoms with Crippen molar-refractivity contribution in [3.8, 4) is 11.1 Å². The van der Waals surface area contributed by atoms with Crippen LogP contribution in [0.3, 0.4) is 0 Å². The number of carbonyl (C=O) groups excluding carboxylic acids is 1. The van der Waals surface area contributed by atoms with Gasteiger partial charge in [0.2, 0.25) is 0 Å². The second kappa shape index (κ2) is 6.43. The van der Waals surface area contributed by atoms with Crippen molar-refractivity contribution in [2.75, 3.05) is 0 Å². The molecule has 0 N–H and O–H groups in total. The summed E-state index contributed by atoms with van der Waals surface area (Å²) < 4.78 is 38.6. The number of hydrogen-bond donors (Lipinski definition) is 0. The molecule has 0 bridgehead atoms. The van der Waals surface area contributed by atoms with E-state index in [0.717, 1.165) is 23.6 Å². The molecule has 0 unspecified atom stereocenters. The van der Waals surface area contributed by atoms with Crippen LogP contribution in [0.1, 0.15) is 15.2 Å². The Balaban J connectivity index is 0.00000192. The van der Waals surface area contributed by atoms with Gasteiger partial charge in [0, 0.05) is 24.2 Å². The van der Waals surface area contributed by atoms with Crippen LogP contribution in [0, 0.1) is 0 Å². The Morgan fingerprint density at radius 3 is 2.43 bits per heavy atom. The molecule has 23 heavy (non-hydrogen) atoms. The van der Waals surface area contributed by atoms with Crippen molar-refractivity contribution in [2.45, 2.75) is 6.18 Å². The van der Waals surface area contributed by atoms with Crippen molar-refractivity contribution in [3.05, 3.63) is 47.2 Å². The van der Waals surface area contributed by atoms with Crippen molar-refractivity contribution in [1.82, 2.24) is 9.97 Å². The van der Waals surface area contributed by atoms with Crippen molar-refractivity contribution in [3.63, 3.8) is 0 Å². The number of fused-ring (bicyclic) bond motifs is 1. The van der Waals surface area contributed by atoms with Gasteiger partial charge in [0.1, 0.15) is 0 Å². The molecule has 3 nitrogen and oxygen atoms in total. The first kappa shape index (κ1) is 17.7. The predicted octanol–water partition coefficient (Wildman–Crippen LogP) is 5.18. The molecule has 0 aliphatic rings. The molecule has 0 saturated heterocycles. The second-order valence-corrected chi connectivity index (χ2v) is 5.78. The molecule has 9 heteroatoms. The Morgan fingerprint density at radius 2 is 1.87 bits per heavy atom. The highest BCUT2D eigenvalue weighted by atomic mass is 35.5. The van der Waals surface area contributed by atoms with Crippen molar-refractivity contribution >= 4 is 50.8 Å². The average Bonchev–Trinajstić information content (AvgIpc) is 2.86. The summed E-state index contributed by atoms with van der Waals surface area (Å²) in [4.78, 5) is 19.5. The van der Waals surface area contributed by atoms with Crippen LogP contribution in [0.4, 0.5) is 13.2 Å². The molecule has 120 valence electrons. The van der Waals surface area contributed by atoms with Gasteiger partial charge in [-0.05, 0) is 35.4 Å². The number of halogens is 5. The Hall–Kier alpha value is -1.70. The highest BCUT2D eigenvalue weighted by molar-refractivity contribution is 7.22. The maximum Gasteiger partial charge on any atom is 0.417 e. The molecule has 0 radical (unpaired) electrons. The zero-order valence-corrected chi connectivity index (χ0v) is 13.5. The maximum absolute atomic E-state index is 12.8. The Bertz CT molecular complexity index is 866. The number of rotatable bonds is 2. The Morgan fingerprint density at radius 1 is 1.22 bits per heavy atom. The number of thiophene rings is 1. The number of carbonyl (C=O) groups is 1. The lowest BCUT2D eigenvalue weighted by Gasteiger charge is -2.06. The second-order valence-electron chi connectivity index (χ2n) is 4.38. The van der Waals surface area contributed by atoms with Gasteiger partial charge in [0.25, 0.3) is 5.24 Å². The minimum atomic E-state index is -4.49. The van der Waals surface area contributed by atoms with Crippen LogP contribution in [0.15, 0.2) is 36.8 Å². The predicted molar refractivity (Wildman–Crippen MR) is 85.3 cm³/mol. The monoisotopic (exact) mass is 378 g/mol. The standard InChI is InChI=1S/C14H6ClF3N2OS.ClH/c15-13(21)12-10(7-1-3-19-4-2-7)11-9(22-12)5-8(6-20-11)14(16,17)18;/h1-6H;1H. The van der Waals surface area contributed by atoms with Gasteiger partial charge in [-0.15, -0.1) is 23.7 Å². The zero-order chi connectivity index (χ0) is 15.9. The van der Waals surface area contributed by atoms with Crippen LogP contribution in [0.2, 0.25) is 0 Å². The van der Waals surface area contributed by atoms with E-state index in [-0.39, 0.29) is 22.0 Å². The summed E-state index contributed by atoms with van der Waals surface area (Å²) in [7, 11) is 0. The molecule has 0 aliphatic heterocycles. The van der Waals surface area contributed by atoms with Crippen molar-refractivity contribution in [2.24, 2.45) is 0 Å². The fourth-order valence-electron chi connectivity index (χ4n) is 2.06. The third-order valence-electron chi connectivity index (χ3n) is 3.00. The number of aromatic nitrogens is 2. The largest absolute Gasteiger partial charge is 0.417 e. The van der Waals surface area contributed by atoms with Gasteiger partial charge in [-0.1, -0.05) is 0 Å². The number of alkyl halides is 3. The quantitative estimate of drug-likeness (QED) is 0.577. The summed E-state index contributed by atoms with van der Waals surface area (Å²) in [6.45, 7) is 0. The topological polar surface area (TPSA) is 42.9 Å². The first-order valence-electron chi connectivity index (χ1n) is 5.98. The van der Waals surface area contributed by atoms with E-state index in [2.05, 4.69) is 9.97 Å². The zero-order valence-electron chi connectivity index (χ0n) is 11.1. The number of nitrogens with zero attached hydrogens (tertiary/aromatic N) is 2. The molecular formula is C14H7Cl2F3N2OS. The fourth-order valence-corrected chi connectivity index (χ4v) is 3.32. The molecule has 3 aromatic rings. The summed E-state index contributed by atoms with van der Waals surface area (Å²) >= 11 is 6.46. The molecule has 0 amide bonds. The third-order valence-corrected chi connectivity index (χ3v) is 4.43. The average molecular weight is 379 g/mol. The summed E-state index contributed by atoms with van der Waals surface area (Å²) in [6, 6.07) is 4.26. The molecule has 0 saturated carbocycles. The van der Waals surface area contributed by atoms with Crippen LogP contribution < -0.4 is 0 Å². The van der Waals surface area contributed by atoms with Crippen molar-refractivity contribution < 1.29 is 18.0 Å². The third kappa shape index (κ3) is 3.31. The summed E-state index contributed by atoms with van der Waals surface area (Å²) in [5, 5.41) is -0.733. The molecule has 0 atom stereocenters. The van der Waals surface area contributed by atoms with Gasteiger partial charge in [0.05, 0.1) is 20.7 Å². The van der Waals surface area contributed by atoms with Gasteiger partial charge in [-0.25, -0.2) is 0 Å². The molecule has 3 rings (SSSR count). The van der Waals surface area contributed by atoms with Crippen LogP contribution in [0.25, 0.3) is 21.3 Å². The van der Waals surface area contributed by atoms with Gasteiger partial charge >= 0.3 is 6.18 Å². The SMILES string of the molecule is Cl.O=C(Cl)c1sc2cc(C(F)(F)F)cnc2c1-c1ccncc1. The van der Waals surface area contributed by atoms with Gasteiger partial charge in [-0.2, -0.15) is 13.2 Å². The molecular weight excluding hydrogens is 372 g/mol. The first-order chi connectivity index (χ1) is 10.4. The minimum absolute atomic E-state index is 0. The van der Waals surface area contributed by atoms with E-state index in [1.165, 1.54) is 12.4 Å². The normalized spacial score (nSPS) is 11.3. The van der Waals surface area contributed by atoms with E-state index in [1.54, 1.807) is 12.1 Å². The summed E-state index contributed by atoms with van der Waals surface area (Å²) in [5.41, 5.74) is 0.498. The lowest BCUT2D eigenvalue weighted by atomic mass is 10.1. The Labute approximate surface area is 143 Å². The number of pyridine rings is 2. The van der Waals surface area contributed by atoms with Crippen LogP contribution in [-0.2, 0) is 6.18 Å². The van der Waals surface area contributed by atoms with Crippen molar-refractivity contribution in [1.29, 1.82) is 0 Å². The highest BCUT2D eigenvalue weighted by Gasteiger charge is 2.32. The van der Waals surface area contributed by atoms with Gasteiger partial charge in [0.15, 0.2) is 0 Å². The molecule has 0 spiro atoms. The molecule has 0 aliphatic carbocycles. The lowest BCUT2D eigenvalue weighted by molar-refractivity contribution is -0.137. The summed E-state index contributed by atoms with van der Waals surface area (Å²) in [6.07, 6.45) is -0.702. The smallest absolute Gasteiger partial charge is 0.275 e. The maximum atomic E-state index is 12.8. The molecule has 3 heterocycles. The van der Waals surface area contributed by atoms with E-state index in [1.807, 2.05) is 0 Å². The summed E-state index contributed by atoms with van der Waals surface area (Å²) in [5.74, 6) is 0. The highest BCUT2D eigenvalue weighted by Crippen LogP contribution is 2.40. The van der Waals surface area contributed by atoms with E-state index in [9.17, 15) is 18.0 Å². The van der Waals surface area contributed by atoms with Crippen LogP contribution >= 0.6 is 35.3 Å². The molecule has 3 aromatic heterocycles. The van der Waals surface area contributed by atoms with E-state index >= 15 is 0 Å². The lowest BCUT2D eigenvalue weighted by Crippen LogP contribution is -2.04. The van der Waals surface area contributed by atoms with E-state index in [4.69, 9.17) is 11.6 Å². The minimum Gasteiger partial charge on any atom is -0.275 e.